The number of Topliss-reactive ketones (excluding diaryl/α,β-unsaturated/α-hetero) is 1. The normalized spacial score (nSPS) is 10.6. The third-order valence-corrected chi connectivity index (χ3v) is 2.19. The Morgan fingerprint density at radius 1 is 1.54 bits per heavy atom. The molecule has 0 unspecified atom stereocenters. The van der Waals surface area contributed by atoms with Crippen LogP contribution in [0.2, 0.25) is 5.02 Å². The van der Waals surface area contributed by atoms with Crippen molar-refractivity contribution in [2.24, 2.45) is 0 Å². The first-order valence-electron chi connectivity index (χ1n) is 3.83. The minimum Gasteiger partial charge on any atom is -0.293 e. The molecule has 13 heavy (non-hydrogen) atoms. The van der Waals surface area contributed by atoms with Gasteiger partial charge in [-0.05, 0) is 12.1 Å². The van der Waals surface area contributed by atoms with Crippen LogP contribution in [0.4, 0.5) is 0 Å². The smallest absolute Gasteiger partial charge is 0.180 e. The maximum atomic E-state index is 11.1. The Hall–Kier alpha value is -1.35. The van der Waals surface area contributed by atoms with E-state index in [2.05, 4.69) is 10.2 Å². The molecule has 0 aliphatic heterocycles. The first-order valence-corrected chi connectivity index (χ1v) is 4.21. The van der Waals surface area contributed by atoms with Crippen LogP contribution in [-0.4, -0.2) is 16.0 Å². The highest BCUT2D eigenvalue weighted by molar-refractivity contribution is 6.36. The van der Waals surface area contributed by atoms with Gasteiger partial charge in [0.05, 0.1) is 10.5 Å². The SMILES string of the molecule is CC(=O)c1n[nH]c2cccc(Cl)c12. The number of halogens is 1. The highest BCUT2D eigenvalue weighted by Gasteiger charge is 2.11. The molecule has 1 heterocycles. The number of ketones is 1. The van der Waals surface area contributed by atoms with Gasteiger partial charge < -0.3 is 0 Å². The molecule has 1 N–H and O–H groups in total. The summed E-state index contributed by atoms with van der Waals surface area (Å²) in [6, 6.07) is 5.39. The molecular weight excluding hydrogens is 188 g/mol. The zero-order chi connectivity index (χ0) is 9.42. The molecule has 2 rings (SSSR count). The van der Waals surface area contributed by atoms with E-state index in [1.807, 2.05) is 12.1 Å². The second-order valence-electron chi connectivity index (χ2n) is 2.79. The first-order chi connectivity index (χ1) is 6.20. The average Bonchev–Trinajstić information content (AvgIpc) is 2.49. The largest absolute Gasteiger partial charge is 0.293 e. The molecule has 3 nitrogen and oxygen atoms in total. The van der Waals surface area contributed by atoms with E-state index in [1.165, 1.54) is 6.92 Å². The Labute approximate surface area is 79.7 Å². The van der Waals surface area contributed by atoms with E-state index in [0.717, 1.165) is 5.52 Å². The molecule has 1 aromatic carbocycles. The molecule has 0 saturated heterocycles. The third kappa shape index (κ3) is 1.21. The minimum absolute atomic E-state index is 0.0839. The van der Waals surface area contributed by atoms with E-state index < -0.39 is 0 Å². The number of benzene rings is 1. The second-order valence-corrected chi connectivity index (χ2v) is 3.20. The topological polar surface area (TPSA) is 45.8 Å². The van der Waals surface area contributed by atoms with E-state index in [0.29, 0.717) is 16.1 Å². The van der Waals surface area contributed by atoms with Crippen molar-refractivity contribution in [2.45, 2.75) is 6.92 Å². The maximum Gasteiger partial charge on any atom is 0.180 e. The number of aromatic nitrogens is 2. The number of H-pyrrole nitrogens is 1. The van der Waals surface area contributed by atoms with Gasteiger partial charge in [0, 0.05) is 12.3 Å². The van der Waals surface area contributed by atoms with Gasteiger partial charge in [0.15, 0.2) is 5.78 Å². The summed E-state index contributed by atoms with van der Waals surface area (Å²) in [4.78, 5) is 11.1. The van der Waals surface area contributed by atoms with E-state index >= 15 is 0 Å². The Bertz CT molecular complexity index is 475. The molecule has 0 atom stereocenters. The van der Waals surface area contributed by atoms with Crippen molar-refractivity contribution in [3.05, 3.63) is 28.9 Å². The standard InChI is InChI=1S/C9H7ClN2O/c1-5(13)9-8-6(10)3-2-4-7(8)11-12-9/h2-4H,1H3,(H,11,12). The Kier molecular flexibility index (Phi) is 1.81. The molecule has 0 radical (unpaired) electrons. The molecule has 2 aromatic rings. The molecule has 0 saturated carbocycles. The van der Waals surface area contributed by atoms with E-state index in [4.69, 9.17) is 11.6 Å². The summed E-state index contributed by atoms with van der Waals surface area (Å²) in [6.45, 7) is 1.47. The fourth-order valence-electron chi connectivity index (χ4n) is 1.28. The second kappa shape index (κ2) is 2.85. The monoisotopic (exact) mass is 194 g/mol. The minimum atomic E-state index is -0.0839. The fourth-order valence-corrected chi connectivity index (χ4v) is 1.55. The summed E-state index contributed by atoms with van der Waals surface area (Å²) in [7, 11) is 0. The van der Waals surface area contributed by atoms with Crippen LogP contribution in [0.5, 0.6) is 0 Å². The van der Waals surface area contributed by atoms with Crippen LogP contribution in [0, 0.1) is 0 Å². The number of nitrogens with one attached hydrogen (secondary N) is 1. The molecule has 0 fully saturated rings. The summed E-state index contributed by atoms with van der Waals surface area (Å²) in [5.41, 5.74) is 1.19. The number of fused-ring (bicyclic) bond motifs is 1. The Morgan fingerprint density at radius 2 is 2.31 bits per heavy atom. The van der Waals surface area contributed by atoms with Gasteiger partial charge in [0.2, 0.25) is 0 Å². The first kappa shape index (κ1) is 8.26. The van der Waals surface area contributed by atoms with E-state index in [-0.39, 0.29) is 5.78 Å². The predicted octanol–water partition coefficient (Wildman–Crippen LogP) is 2.42. The molecule has 66 valence electrons. The Morgan fingerprint density at radius 3 is 3.00 bits per heavy atom. The van der Waals surface area contributed by atoms with Crippen LogP contribution in [-0.2, 0) is 0 Å². The highest BCUT2D eigenvalue weighted by Crippen LogP contribution is 2.24. The van der Waals surface area contributed by atoms with Gasteiger partial charge in [-0.1, -0.05) is 17.7 Å². The van der Waals surface area contributed by atoms with Gasteiger partial charge >= 0.3 is 0 Å². The summed E-state index contributed by atoms with van der Waals surface area (Å²) < 4.78 is 0. The average molecular weight is 195 g/mol. The van der Waals surface area contributed by atoms with Crippen LogP contribution in [0.3, 0.4) is 0 Å². The number of rotatable bonds is 1. The molecule has 0 aliphatic rings. The lowest BCUT2D eigenvalue weighted by molar-refractivity contribution is 0.101. The molecule has 4 heteroatoms. The van der Waals surface area contributed by atoms with Crippen LogP contribution >= 0.6 is 11.6 Å². The number of carbonyl (C=O) groups is 1. The van der Waals surface area contributed by atoms with Crippen molar-refractivity contribution < 1.29 is 4.79 Å². The lowest BCUT2D eigenvalue weighted by atomic mass is 10.2. The third-order valence-electron chi connectivity index (χ3n) is 1.87. The fraction of sp³-hybridized carbons (Fsp3) is 0.111. The lowest BCUT2D eigenvalue weighted by Crippen LogP contribution is -1.92. The van der Waals surface area contributed by atoms with Crippen LogP contribution in [0.1, 0.15) is 17.4 Å². The van der Waals surface area contributed by atoms with Gasteiger partial charge in [-0.3, -0.25) is 9.89 Å². The van der Waals surface area contributed by atoms with Crippen molar-refractivity contribution in [2.75, 3.05) is 0 Å². The molecular formula is C9H7ClN2O. The number of carbonyl (C=O) groups excluding carboxylic acids is 1. The number of nitrogens with zero attached hydrogens (tertiary/aromatic N) is 1. The van der Waals surface area contributed by atoms with Crippen molar-refractivity contribution in [3.8, 4) is 0 Å². The van der Waals surface area contributed by atoms with Crippen LogP contribution in [0.25, 0.3) is 10.9 Å². The zero-order valence-electron chi connectivity index (χ0n) is 6.97. The molecule has 0 spiro atoms. The van der Waals surface area contributed by atoms with Crippen molar-refractivity contribution in [1.29, 1.82) is 0 Å². The zero-order valence-corrected chi connectivity index (χ0v) is 7.72. The van der Waals surface area contributed by atoms with Crippen molar-refractivity contribution in [3.63, 3.8) is 0 Å². The summed E-state index contributed by atoms with van der Waals surface area (Å²) in [6.07, 6.45) is 0. The van der Waals surface area contributed by atoms with Crippen LogP contribution < -0.4 is 0 Å². The van der Waals surface area contributed by atoms with E-state index in [1.54, 1.807) is 6.07 Å². The highest BCUT2D eigenvalue weighted by atomic mass is 35.5. The molecule has 0 bridgehead atoms. The molecule has 0 aliphatic carbocycles. The quantitative estimate of drug-likeness (QED) is 0.709. The molecule has 1 aromatic heterocycles. The van der Waals surface area contributed by atoms with E-state index in [9.17, 15) is 4.79 Å². The van der Waals surface area contributed by atoms with Gasteiger partial charge in [-0.2, -0.15) is 5.10 Å². The summed E-state index contributed by atoms with van der Waals surface area (Å²) >= 11 is 5.94. The summed E-state index contributed by atoms with van der Waals surface area (Å²) in [5, 5.41) is 7.91. The van der Waals surface area contributed by atoms with Gasteiger partial charge in [0.1, 0.15) is 5.69 Å². The van der Waals surface area contributed by atoms with Crippen molar-refractivity contribution in [1.82, 2.24) is 10.2 Å². The predicted molar refractivity (Wildman–Crippen MR) is 51.1 cm³/mol. The van der Waals surface area contributed by atoms with Gasteiger partial charge in [-0.15, -0.1) is 0 Å². The van der Waals surface area contributed by atoms with Gasteiger partial charge in [0.25, 0.3) is 0 Å². The van der Waals surface area contributed by atoms with Crippen molar-refractivity contribution >= 4 is 28.3 Å². The maximum absolute atomic E-state index is 11.1. The molecule has 0 amide bonds. The number of hydrogen-bond acceptors (Lipinski definition) is 2. The summed E-state index contributed by atoms with van der Waals surface area (Å²) in [5.74, 6) is -0.0839. The van der Waals surface area contributed by atoms with Gasteiger partial charge in [-0.25, -0.2) is 0 Å². The van der Waals surface area contributed by atoms with Crippen LogP contribution in [0.15, 0.2) is 18.2 Å². The Balaban J connectivity index is 2.86. The lowest BCUT2D eigenvalue weighted by Gasteiger charge is -1.93. The number of hydrogen-bond donors (Lipinski definition) is 1. The number of aromatic amines is 1.